The maximum atomic E-state index is 10.6. The molecule has 0 atom stereocenters. The van der Waals surface area contributed by atoms with Gasteiger partial charge in [0.25, 0.3) is 0 Å². The van der Waals surface area contributed by atoms with Crippen LogP contribution in [0.15, 0.2) is 54.6 Å². The average molecular weight is 466 g/mol. The molecule has 0 unspecified atom stereocenters. The van der Waals surface area contributed by atoms with E-state index in [2.05, 4.69) is 64.8 Å². The van der Waals surface area contributed by atoms with E-state index in [-0.39, 0.29) is 0 Å². The van der Waals surface area contributed by atoms with E-state index in [1.165, 1.54) is 49.0 Å². The zero-order chi connectivity index (χ0) is 24.3. The molecule has 2 aromatic rings. The monoisotopic (exact) mass is 465 g/mol. The highest BCUT2D eigenvalue weighted by molar-refractivity contribution is 5.73. The third kappa shape index (κ3) is 9.84. The summed E-state index contributed by atoms with van der Waals surface area (Å²) in [4.78, 5) is 11.5. The molecule has 33 heavy (non-hydrogen) atoms. The Hall–Kier alpha value is -2.58. The van der Waals surface area contributed by atoms with Gasteiger partial charge in [-0.15, -0.1) is 0 Å². The molecule has 5 nitrogen and oxygen atoms in total. The molecule has 0 bridgehead atoms. The van der Waals surface area contributed by atoms with Crippen molar-refractivity contribution >= 4 is 11.7 Å². The molecule has 0 heterocycles. The first-order chi connectivity index (χ1) is 15.7. The van der Waals surface area contributed by atoms with Crippen molar-refractivity contribution in [3.63, 3.8) is 0 Å². The van der Waals surface area contributed by atoms with E-state index in [4.69, 9.17) is 15.6 Å². The van der Waals surface area contributed by atoms with Gasteiger partial charge in [-0.3, -0.25) is 4.90 Å². The molecule has 1 aliphatic carbocycles. The standard InChI is InChI=1S/C23H33N3.C2HF3O2/c1-25-23-13-11-22(12-14-23)18-26(16-20-5-3-2-4-6-20)17-21-9-7-19(15-24)8-10-21;3-2(4,5)1(6)7/h2-6,11-14,19,21,25H,7-10,15-18,24H2,1H3;(H,6,7). The number of hydrogen-bond acceptors (Lipinski definition) is 4. The van der Waals surface area contributed by atoms with Crippen molar-refractivity contribution in [1.29, 1.82) is 0 Å². The maximum absolute atomic E-state index is 10.6. The summed E-state index contributed by atoms with van der Waals surface area (Å²) in [6.07, 6.45) is 0.173. The summed E-state index contributed by atoms with van der Waals surface area (Å²) in [7, 11) is 1.97. The van der Waals surface area contributed by atoms with Gasteiger partial charge in [-0.05, 0) is 67.3 Å². The van der Waals surface area contributed by atoms with Gasteiger partial charge in [0.05, 0.1) is 0 Å². The Morgan fingerprint density at radius 1 is 0.970 bits per heavy atom. The summed E-state index contributed by atoms with van der Waals surface area (Å²) in [6.45, 7) is 4.07. The van der Waals surface area contributed by atoms with Gasteiger partial charge in [0.2, 0.25) is 0 Å². The number of rotatable bonds is 8. The van der Waals surface area contributed by atoms with Crippen LogP contribution in [-0.2, 0) is 17.9 Å². The second-order valence-electron chi connectivity index (χ2n) is 8.53. The number of benzene rings is 2. The van der Waals surface area contributed by atoms with Gasteiger partial charge in [-0.1, -0.05) is 42.5 Å². The van der Waals surface area contributed by atoms with Gasteiger partial charge in [-0.25, -0.2) is 4.79 Å². The number of carboxylic acid groups (broad SMARTS) is 1. The third-order valence-electron chi connectivity index (χ3n) is 5.96. The summed E-state index contributed by atoms with van der Waals surface area (Å²) in [6, 6.07) is 19.7. The number of hydrogen-bond donors (Lipinski definition) is 3. The molecule has 0 saturated heterocycles. The van der Waals surface area contributed by atoms with Crippen molar-refractivity contribution in [3.8, 4) is 0 Å². The second kappa shape index (κ2) is 13.2. The third-order valence-corrected chi connectivity index (χ3v) is 5.96. The van der Waals surface area contributed by atoms with E-state index >= 15 is 0 Å². The van der Waals surface area contributed by atoms with E-state index in [1.807, 2.05) is 7.05 Å². The Balaban J connectivity index is 0.000000479. The average Bonchev–Trinajstić information content (AvgIpc) is 2.80. The highest BCUT2D eigenvalue weighted by Crippen LogP contribution is 2.29. The van der Waals surface area contributed by atoms with Crippen LogP contribution in [0.25, 0.3) is 0 Å². The number of halogens is 3. The summed E-state index contributed by atoms with van der Waals surface area (Å²) in [5.74, 6) is -1.20. The van der Waals surface area contributed by atoms with Crippen LogP contribution in [-0.4, -0.2) is 42.3 Å². The van der Waals surface area contributed by atoms with Crippen LogP contribution in [0, 0.1) is 11.8 Å². The van der Waals surface area contributed by atoms with Crippen LogP contribution in [0.2, 0.25) is 0 Å². The minimum Gasteiger partial charge on any atom is -0.475 e. The van der Waals surface area contributed by atoms with E-state index < -0.39 is 12.1 Å². The highest BCUT2D eigenvalue weighted by atomic mass is 19.4. The van der Waals surface area contributed by atoms with Gasteiger partial charge in [0.15, 0.2) is 0 Å². The normalized spacial score (nSPS) is 18.4. The highest BCUT2D eigenvalue weighted by Gasteiger charge is 2.38. The fraction of sp³-hybridized carbons (Fsp3) is 0.480. The van der Waals surface area contributed by atoms with Crippen LogP contribution >= 0.6 is 0 Å². The van der Waals surface area contributed by atoms with Crippen molar-refractivity contribution in [1.82, 2.24) is 4.90 Å². The molecule has 8 heteroatoms. The van der Waals surface area contributed by atoms with Crippen LogP contribution < -0.4 is 11.1 Å². The molecule has 0 radical (unpaired) electrons. The van der Waals surface area contributed by atoms with Gasteiger partial charge in [0.1, 0.15) is 0 Å². The number of nitrogens with two attached hydrogens (primary N) is 1. The van der Waals surface area contributed by atoms with Crippen LogP contribution in [0.4, 0.5) is 18.9 Å². The lowest BCUT2D eigenvalue weighted by atomic mass is 9.82. The van der Waals surface area contributed by atoms with Gasteiger partial charge in [0, 0.05) is 32.4 Å². The van der Waals surface area contributed by atoms with Crippen molar-refractivity contribution in [2.75, 3.05) is 25.5 Å². The fourth-order valence-corrected chi connectivity index (χ4v) is 4.08. The molecule has 2 aromatic carbocycles. The molecular formula is C25H34F3N3O2. The molecule has 1 aliphatic rings. The Morgan fingerprint density at radius 2 is 1.45 bits per heavy atom. The van der Waals surface area contributed by atoms with Crippen LogP contribution in [0.5, 0.6) is 0 Å². The van der Waals surface area contributed by atoms with Gasteiger partial charge in [-0.2, -0.15) is 13.2 Å². The summed E-state index contributed by atoms with van der Waals surface area (Å²) < 4.78 is 31.7. The molecular weight excluding hydrogens is 431 g/mol. The number of carboxylic acids is 1. The predicted molar refractivity (Wildman–Crippen MR) is 125 cm³/mol. The number of aliphatic carboxylic acids is 1. The molecule has 1 fully saturated rings. The molecule has 3 rings (SSSR count). The lowest BCUT2D eigenvalue weighted by Crippen LogP contribution is -2.32. The lowest BCUT2D eigenvalue weighted by Gasteiger charge is -2.32. The number of nitrogens with one attached hydrogen (secondary N) is 1. The first kappa shape index (κ1) is 26.7. The molecule has 4 N–H and O–H groups in total. The zero-order valence-corrected chi connectivity index (χ0v) is 19.0. The molecule has 0 aromatic heterocycles. The molecule has 1 saturated carbocycles. The van der Waals surface area contributed by atoms with Crippen molar-refractivity contribution in [2.24, 2.45) is 17.6 Å². The van der Waals surface area contributed by atoms with E-state index in [9.17, 15) is 13.2 Å². The first-order valence-electron chi connectivity index (χ1n) is 11.2. The Morgan fingerprint density at radius 3 is 1.91 bits per heavy atom. The summed E-state index contributed by atoms with van der Waals surface area (Å²) in [5, 5.41) is 10.3. The van der Waals surface area contributed by atoms with Gasteiger partial charge >= 0.3 is 12.1 Å². The largest absolute Gasteiger partial charge is 0.490 e. The van der Waals surface area contributed by atoms with E-state index in [1.54, 1.807) is 0 Å². The number of alkyl halides is 3. The minimum atomic E-state index is -5.08. The summed E-state index contributed by atoms with van der Waals surface area (Å²) >= 11 is 0. The van der Waals surface area contributed by atoms with E-state index in [0.29, 0.717) is 0 Å². The zero-order valence-electron chi connectivity index (χ0n) is 19.0. The van der Waals surface area contributed by atoms with Gasteiger partial charge < -0.3 is 16.2 Å². The molecule has 0 spiro atoms. The molecule has 0 amide bonds. The lowest BCUT2D eigenvalue weighted by molar-refractivity contribution is -0.192. The van der Waals surface area contributed by atoms with Crippen LogP contribution in [0.1, 0.15) is 36.8 Å². The Labute approximate surface area is 193 Å². The topological polar surface area (TPSA) is 78.6 Å². The van der Waals surface area contributed by atoms with Crippen molar-refractivity contribution in [2.45, 2.75) is 44.9 Å². The quantitative estimate of drug-likeness (QED) is 0.504. The van der Waals surface area contributed by atoms with E-state index in [0.717, 1.165) is 31.5 Å². The number of nitrogens with zero attached hydrogens (tertiary/aromatic N) is 1. The predicted octanol–water partition coefficient (Wildman–Crippen LogP) is 5.13. The molecule has 182 valence electrons. The van der Waals surface area contributed by atoms with Crippen LogP contribution in [0.3, 0.4) is 0 Å². The second-order valence-corrected chi connectivity index (χ2v) is 8.53. The first-order valence-corrected chi connectivity index (χ1v) is 11.2. The fourth-order valence-electron chi connectivity index (χ4n) is 4.08. The Bertz CT molecular complexity index is 821. The van der Waals surface area contributed by atoms with Crippen molar-refractivity contribution < 1.29 is 23.1 Å². The maximum Gasteiger partial charge on any atom is 0.490 e. The smallest absolute Gasteiger partial charge is 0.475 e. The van der Waals surface area contributed by atoms with Crippen molar-refractivity contribution in [3.05, 3.63) is 65.7 Å². The number of anilines is 1. The SMILES string of the molecule is CNc1ccc(CN(Cc2ccccc2)CC2CCC(CN)CC2)cc1.O=C(O)C(F)(F)F. The Kier molecular flexibility index (Phi) is 10.7. The minimum absolute atomic E-state index is 0.753. The molecule has 0 aliphatic heterocycles. The summed E-state index contributed by atoms with van der Waals surface area (Å²) in [5.41, 5.74) is 9.82. The number of carbonyl (C=O) groups is 1.